The first-order valence-electron chi connectivity index (χ1n) is 13.8. The van der Waals surface area contributed by atoms with E-state index in [-0.39, 0.29) is 17.9 Å². The zero-order valence-corrected chi connectivity index (χ0v) is 24.9. The van der Waals surface area contributed by atoms with Crippen LogP contribution in [0.4, 0.5) is 4.79 Å². The fraction of sp³-hybridized carbons (Fsp3) is 0.700. The molecule has 7 heteroatoms. The third-order valence-electron chi connectivity index (χ3n) is 6.16. The van der Waals surface area contributed by atoms with Crippen LogP contribution in [0, 0.1) is 19.8 Å². The summed E-state index contributed by atoms with van der Waals surface area (Å²) in [5.41, 5.74) is 2.15. The summed E-state index contributed by atoms with van der Waals surface area (Å²) in [6.07, 6.45) is 3.97. The van der Waals surface area contributed by atoms with Crippen LogP contribution in [0.5, 0.6) is 0 Å². The lowest BCUT2D eigenvalue weighted by molar-refractivity contribution is -0.144. The molecule has 0 aliphatic heterocycles. The predicted octanol–water partition coefficient (Wildman–Crippen LogP) is 6.22. The number of amides is 3. The van der Waals surface area contributed by atoms with Gasteiger partial charge in [0.25, 0.3) is 0 Å². The van der Waals surface area contributed by atoms with Crippen LogP contribution < -0.4 is 10.6 Å². The maximum atomic E-state index is 14.0. The molecule has 0 bridgehead atoms. The molecule has 0 heterocycles. The van der Waals surface area contributed by atoms with Gasteiger partial charge in [-0.15, -0.1) is 0 Å². The monoisotopic (exact) mass is 517 g/mol. The number of hydrogen-bond donors (Lipinski definition) is 2. The molecule has 3 atom stereocenters. The van der Waals surface area contributed by atoms with Crippen molar-refractivity contribution in [1.29, 1.82) is 0 Å². The Hall–Kier alpha value is -2.57. The van der Waals surface area contributed by atoms with Crippen LogP contribution in [-0.4, -0.2) is 47.0 Å². The Labute approximate surface area is 225 Å². The molecule has 7 nitrogen and oxygen atoms in total. The molecular formula is C30H51N3O4. The largest absolute Gasteiger partial charge is 0.444 e. The Morgan fingerprint density at radius 1 is 0.946 bits per heavy atom. The fourth-order valence-electron chi connectivity index (χ4n) is 4.37. The Balaban J connectivity index is 3.45. The lowest BCUT2D eigenvalue weighted by atomic mass is 9.95. The van der Waals surface area contributed by atoms with Gasteiger partial charge in [0.15, 0.2) is 0 Å². The van der Waals surface area contributed by atoms with Crippen molar-refractivity contribution in [3.8, 4) is 0 Å². The van der Waals surface area contributed by atoms with Crippen LogP contribution in [0.2, 0.25) is 0 Å². The molecular weight excluding hydrogens is 466 g/mol. The number of rotatable bonds is 13. The molecule has 0 aromatic heterocycles. The van der Waals surface area contributed by atoms with Crippen molar-refractivity contribution >= 4 is 17.9 Å². The van der Waals surface area contributed by atoms with Gasteiger partial charge in [-0.3, -0.25) is 9.59 Å². The number of nitrogens with zero attached hydrogens (tertiary/aromatic N) is 1. The van der Waals surface area contributed by atoms with Gasteiger partial charge in [-0.1, -0.05) is 62.9 Å². The first-order chi connectivity index (χ1) is 17.2. The van der Waals surface area contributed by atoms with Crippen LogP contribution in [0.1, 0.15) is 110 Å². The average Bonchev–Trinajstić information content (AvgIpc) is 2.75. The number of unbranched alkanes of at least 4 members (excludes halogenated alkanes) is 2. The molecule has 0 radical (unpaired) electrons. The molecule has 3 unspecified atom stereocenters. The van der Waals surface area contributed by atoms with E-state index in [0.29, 0.717) is 12.5 Å². The zero-order valence-electron chi connectivity index (χ0n) is 24.9. The van der Waals surface area contributed by atoms with E-state index >= 15 is 0 Å². The molecule has 1 aromatic carbocycles. The van der Waals surface area contributed by atoms with Gasteiger partial charge in [0, 0.05) is 12.6 Å². The predicted molar refractivity (Wildman–Crippen MR) is 150 cm³/mol. The highest BCUT2D eigenvalue weighted by Gasteiger charge is 2.37. The van der Waals surface area contributed by atoms with Gasteiger partial charge in [0.05, 0.1) is 0 Å². The summed E-state index contributed by atoms with van der Waals surface area (Å²) >= 11 is 0. The third-order valence-corrected chi connectivity index (χ3v) is 6.16. The van der Waals surface area contributed by atoms with E-state index in [4.69, 9.17) is 4.74 Å². The van der Waals surface area contributed by atoms with Crippen molar-refractivity contribution < 1.29 is 19.1 Å². The minimum Gasteiger partial charge on any atom is -0.444 e. The van der Waals surface area contributed by atoms with E-state index in [1.807, 2.05) is 32.9 Å². The quantitative estimate of drug-likeness (QED) is 0.304. The summed E-state index contributed by atoms with van der Waals surface area (Å²) < 4.78 is 5.38. The van der Waals surface area contributed by atoms with E-state index < -0.39 is 23.8 Å². The van der Waals surface area contributed by atoms with Crippen molar-refractivity contribution in [3.63, 3.8) is 0 Å². The number of carbonyl (C=O) groups is 3. The molecule has 1 rings (SSSR count). The second kappa shape index (κ2) is 15.0. The smallest absolute Gasteiger partial charge is 0.408 e. The van der Waals surface area contributed by atoms with Gasteiger partial charge >= 0.3 is 6.09 Å². The Morgan fingerprint density at radius 3 is 2.05 bits per heavy atom. The molecule has 2 N–H and O–H groups in total. The van der Waals surface area contributed by atoms with E-state index in [1.165, 1.54) is 0 Å². The minimum absolute atomic E-state index is 0.199. The lowest BCUT2D eigenvalue weighted by Crippen LogP contribution is -2.54. The number of carbonyl (C=O) groups excluding carboxylic acids is 3. The van der Waals surface area contributed by atoms with Crippen molar-refractivity contribution in [2.75, 3.05) is 6.54 Å². The average molecular weight is 518 g/mol. The topological polar surface area (TPSA) is 87.7 Å². The second-order valence-corrected chi connectivity index (χ2v) is 11.8. The van der Waals surface area contributed by atoms with Crippen molar-refractivity contribution in [2.45, 2.75) is 125 Å². The molecule has 210 valence electrons. The van der Waals surface area contributed by atoms with Gasteiger partial charge in [-0.2, -0.15) is 0 Å². The standard InChI is InChI=1S/C30H51N3O4/c1-11-12-13-16-31-27(34)26(25-18-21(4)17-22(5)19-25)33(23(6)15-14-20(2)3)28(35)24(7)32-29(36)37-30(8,9)10/h17-20,23-24,26H,11-16H2,1-10H3,(H,31,34)(H,32,36). The van der Waals surface area contributed by atoms with E-state index in [9.17, 15) is 14.4 Å². The van der Waals surface area contributed by atoms with Crippen LogP contribution in [0.15, 0.2) is 18.2 Å². The van der Waals surface area contributed by atoms with E-state index in [0.717, 1.165) is 48.8 Å². The molecule has 0 spiro atoms. The summed E-state index contributed by atoms with van der Waals surface area (Å²) in [5.74, 6) is -0.0513. The first kappa shape index (κ1) is 32.5. The van der Waals surface area contributed by atoms with Gasteiger partial charge in [0.1, 0.15) is 17.7 Å². The second-order valence-electron chi connectivity index (χ2n) is 11.8. The highest BCUT2D eigenvalue weighted by molar-refractivity contribution is 5.92. The number of nitrogens with one attached hydrogen (secondary N) is 2. The summed E-state index contributed by atoms with van der Waals surface area (Å²) in [5, 5.41) is 5.76. The number of benzene rings is 1. The van der Waals surface area contributed by atoms with E-state index in [2.05, 4.69) is 37.5 Å². The maximum Gasteiger partial charge on any atom is 0.408 e. The van der Waals surface area contributed by atoms with Gasteiger partial charge in [-0.05, 0) is 79.2 Å². The Kier molecular flexibility index (Phi) is 13.2. The third kappa shape index (κ3) is 11.6. The maximum absolute atomic E-state index is 14.0. The van der Waals surface area contributed by atoms with Gasteiger partial charge in [-0.25, -0.2) is 4.79 Å². The molecule has 0 saturated carbocycles. The molecule has 1 aromatic rings. The van der Waals surface area contributed by atoms with Crippen molar-refractivity contribution in [1.82, 2.24) is 15.5 Å². The molecule has 0 aliphatic carbocycles. The van der Waals surface area contributed by atoms with Gasteiger partial charge in [0.2, 0.25) is 11.8 Å². The van der Waals surface area contributed by atoms with Crippen LogP contribution in [0.25, 0.3) is 0 Å². The van der Waals surface area contributed by atoms with Crippen LogP contribution in [-0.2, 0) is 14.3 Å². The van der Waals surface area contributed by atoms with Gasteiger partial charge < -0.3 is 20.3 Å². The fourth-order valence-corrected chi connectivity index (χ4v) is 4.37. The highest BCUT2D eigenvalue weighted by atomic mass is 16.6. The minimum atomic E-state index is -0.863. The zero-order chi connectivity index (χ0) is 28.3. The highest BCUT2D eigenvalue weighted by Crippen LogP contribution is 2.29. The SMILES string of the molecule is CCCCCNC(=O)C(c1cc(C)cc(C)c1)N(C(=O)C(C)NC(=O)OC(C)(C)C)C(C)CCC(C)C. The molecule has 0 fully saturated rings. The summed E-state index contributed by atoms with van der Waals surface area (Å²) in [6.45, 7) is 19.9. The van der Waals surface area contributed by atoms with Crippen molar-refractivity contribution in [2.24, 2.45) is 5.92 Å². The summed E-state index contributed by atoms with van der Waals surface area (Å²) in [4.78, 5) is 41.8. The number of ether oxygens (including phenoxy) is 1. The van der Waals surface area contributed by atoms with Crippen LogP contribution in [0.3, 0.4) is 0 Å². The molecule has 0 saturated heterocycles. The summed E-state index contributed by atoms with van der Waals surface area (Å²) in [6, 6.07) is 4.12. The van der Waals surface area contributed by atoms with Crippen molar-refractivity contribution in [3.05, 3.63) is 34.9 Å². The Bertz CT molecular complexity index is 871. The normalized spacial score (nSPS) is 14.0. The van der Waals surface area contributed by atoms with E-state index in [1.54, 1.807) is 32.6 Å². The summed E-state index contributed by atoms with van der Waals surface area (Å²) in [7, 11) is 0. The number of alkyl carbamates (subject to hydrolysis) is 1. The molecule has 3 amide bonds. The lowest BCUT2D eigenvalue weighted by Gasteiger charge is -2.38. The number of hydrogen-bond acceptors (Lipinski definition) is 4. The first-order valence-corrected chi connectivity index (χ1v) is 13.8. The molecule has 37 heavy (non-hydrogen) atoms. The Morgan fingerprint density at radius 2 is 1.54 bits per heavy atom. The van der Waals surface area contributed by atoms with Crippen LogP contribution >= 0.6 is 0 Å². The number of aryl methyl sites for hydroxylation is 2. The molecule has 0 aliphatic rings.